The van der Waals surface area contributed by atoms with Crippen molar-refractivity contribution < 1.29 is 14.3 Å². The van der Waals surface area contributed by atoms with Crippen LogP contribution in [0, 0.1) is 5.92 Å². The third-order valence-corrected chi connectivity index (χ3v) is 6.36. The molecule has 1 saturated heterocycles. The summed E-state index contributed by atoms with van der Waals surface area (Å²) in [5.41, 5.74) is 1.77. The highest BCUT2D eigenvalue weighted by molar-refractivity contribution is 5.92. The van der Waals surface area contributed by atoms with Gasteiger partial charge in [-0.3, -0.25) is 14.9 Å². The number of para-hydroxylation sites is 1. The fraction of sp³-hybridized carbons (Fsp3) is 0.391. The number of carbonyl (C=O) groups excluding carboxylic acids is 2. The molecule has 3 aromatic rings. The Balaban J connectivity index is 1.13. The number of nitrogens with one attached hydrogen (secondary N) is 1. The van der Waals surface area contributed by atoms with Gasteiger partial charge in [0.1, 0.15) is 11.6 Å². The average Bonchev–Trinajstić information content (AvgIpc) is 3.45. The molecule has 6 rings (SSSR count). The molecule has 1 saturated carbocycles. The Morgan fingerprint density at radius 2 is 1.81 bits per heavy atom. The summed E-state index contributed by atoms with van der Waals surface area (Å²) in [4.78, 5) is 33.6. The highest BCUT2D eigenvalue weighted by Gasteiger charge is 2.34. The Morgan fingerprint density at radius 1 is 1.00 bits per heavy atom. The quantitative estimate of drug-likeness (QED) is 0.675. The van der Waals surface area contributed by atoms with Crippen molar-refractivity contribution in [1.29, 1.82) is 0 Å². The third-order valence-electron chi connectivity index (χ3n) is 6.36. The van der Waals surface area contributed by atoms with Gasteiger partial charge in [-0.15, -0.1) is 5.10 Å². The van der Waals surface area contributed by atoms with Crippen LogP contribution in [0.15, 0.2) is 42.5 Å². The number of hydrogen-bond acceptors (Lipinski definition) is 6. The van der Waals surface area contributed by atoms with Gasteiger partial charge in [0.2, 0.25) is 11.9 Å². The number of benzene rings is 1. The van der Waals surface area contributed by atoms with Crippen LogP contribution in [0.25, 0.3) is 5.65 Å². The molecule has 9 nitrogen and oxygen atoms in total. The molecular weight excluding hydrogens is 408 g/mol. The summed E-state index contributed by atoms with van der Waals surface area (Å²) in [7, 11) is 0. The summed E-state index contributed by atoms with van der Waals surface area (Å²) < 4.78 is 7.65. The summed E-state index contributed by atoms with van der Waals surface area (Å²) in [6.07, 6.45) is 2.06. The van der Waals surface area contributed by atoms with E-state index in [4.69, 9.17) is 4.74 Å². The van der Waals surface area contributed by atoms with Gasteiger partial charge in [0.15, 0.2) is 11.8 Å². The van der Waals surface area contributed by atoms with Gasteiger partial charge in [-0.2, -0.15) is 9.50 Å². The predicted octanol–water partition coefficient (Wildman–Crippen LogP) is 1.73. The Labute approximate surface area is 185 Å². The summed E-state index contributed by atoms with van der Waals surface area (Å²) >= 11 is 0. The van der Waals surface area contributed by atoms with Crippen molar-refractivity contribution in [1.82, 2.24) is 19.5 Å². The Hall–Kier alpha value is -3.62. The molecule has 32 heavy (non-hydrogen) atoms. The van der Waals surface area contributed by atoms with E-state index < -0.39 is 6.10 Å². The van der Waals surface area contributed by atoms with Gasteiger partial charge in [-0.1, -0.05) is 24.3 Å². The third kappa shape index (κ3) is 3.43. The number of fused-ring (bicyclic) bond motifs is 2. The first-order valence-electron chi connectivity index (χ1n) is 11.1. The van der Waals surface area contributed by atoms with Crippen LogP contribution in [-0.4, -0.2) is 63.6 Å². The van der Waals surface area contributed by atoms with Crippen LogP contribution in [0.2, 0.25) is 0 Å². The number of rotatable bonds is 4. The van der Waals surface area contributed by atoms with Crippen molar-refractivity contribution in [3.05, 3.63) is 48.0 Å². The monoisotopic (exact) mass is 432 g/mol. The van der Waals surface area contributed by atoms with Crippen molar-refractivity contribution in [2.24, 2.45) is 5.92 Å². The fourth-order valence-electron chi connectivity index (χ4n) is 4.42. The van der Waals surface area contributed by atoms with E-state index in [0.29, 0.717) is 44.2 Å². The summed E-state index contributed by atoms with van der Waals surface area (Å²) in [6, 6.07) is 13.6. The Bertz CT molecular complexity index is 1170. The van der Waals surface area contributed by atoms with Crippen molar-refractivity contribution in [3.8, 4) is 5.75 Å². The second-order valence-electron chi connectivity index (χ2n) is 8.58. The first kappa shape index (κ1) is 19.1. The lowest BCUT2D eigenvalue weighted by Crippen LogP contribution is -2.52. The van der Waals surface area contributed by atoms with Crippen molar-refractivity contribution >= 4 is 29.2 Å². The molecule has 0 spiro atoms. The molecular formula is C23H24N6O3. The maximum atomic E-state index is 13.0. The minimum atomic E-state index is -0.435. The van der Waals surface area contributed by atoms with E-state index in [-0.39, 0.29) is 17.7 Å². The number of carbonyl (C=O) groups is 2. The van der Waals surface area contributed by atoms with E-state index in [1.54, 1.807) is 4.52 Å². The topological polar surface area (TPSA) is 92.1 Å². The highest BCUT2D eigenvalue weighted by atomic mass is 16.5. The number of hydrogen-bond donors (Lipinski definition) is 1. The van der Waals surface area contributed by atoms with Crippen LogP contribution in [-0.2, 0) is 16.0 Å². The molecule has 1 aromatic carbocycles. The van der Waals surface area contributed by atoms with Gasteiger partial charge < -0.3 is 14.5 Å². The number of nitrogens with zero attached hydrogens (tertiary/aromatic N) is 5. The number of aromatic nitrogens is 3. The Kier molecular flexibility index (Phi) is 4.48. The lowest BCUT2D eigenvalue weighted by Gasteiger charge is -2.36. The molecule has 9 heteroatoms. The zero-order chi connectivity index (χ0) is 21.7. The van der Waals surface area contributed by atoms with Crippen LogP contribution >= 0.6 is 0 Å². The molecule has 2 fully saturated rings. The number of anilines is 2. The van der Waals surface area contributed by atoms with Crippen LogP contribution < -0.4 is 15.0 Å². The van der Waals surface area contributed by atoms with Crippen LogP contribution in [0.5, 0.6) is 5.75 Å². The number of ether oxygens (including phenoxy) is 1. The molecule has 1 aliphatic carbocycles. The van der Waals surface area contributed by atoms with Crippen LogP contribution in [0.3, 0.4) is 0 Å². The molecule has 1 unspecified atom stereocenters. The molecule has 0 radical (unpaired) electrons. The van der Waals surface area contributed by atoms with Gasteiger partial charge in [0.05, 0.1) is 0 Å². The molecule has 2 aliphatic heterocycles. The Morgan fingerprint density at radius 3 is 2.59 bits per heavy atom. The average molecular weight is 432 g/mol. The van der Waals surface area contributed by atoms with E-state index in [1.807, 2.05) is 47.4 Å². The molecule has 1 atom stereocenters. The maximum Gasteiger partial charge on any atom is 0.264 e. The minimum Gasteiger partial charge on any atom is -0.480 e. The molecule has 4 heterocycles. The van der Waals surface area contributed by atoms with Gasteiger partial charge in [-0.25, -0.2) is 0 Å². The molecule has 2 aromatic heterocycles. The largest absolute Gasteiger partial charge is 0.480 e. The van der Waals surface area contributed by atoms with E-state index >= 15 is 0 Å². The summed E-state index contributed by atoms with van der Waals surface area (Å²) in [5, 5.41) is 7.33. The molecule has 1 N–H and O–H groups in total. The van der Waals surface area contributed by atoms with E-state index in [0.717, 1.165) is 30.0 Å². The first-order valence-corrected chi connectivity index (χ1v) is 11.1. The maximum absolute atomic E-state index is 13.0. The van der Waals surface area contributed by atoms with E-state index in [1.165, 1.54) is 0 Å². The van der Waals surface area contributed by atoms with Gasteiger partial charge in [0.25, 0.3) is 5.91 Å². The number of amides is 2. The normalized spacial score (nSPS) is 20.2. The number of pyridine rings is 1. The lowest BCUT2D eigenvalue weighted by atomic mass is 10.1. The molecule has 0 bridgehead atoms. The second-order valence-corrected chi connectivity index (χ2v) is 8.58. The molecule has 164 valence electrons. The minimum absolute atomic E-state index is 0.00846. The number of piperazine rings is 1. The molecule has 2 amide bonds. The highest BCUT2D eigenvalue weighted by Crippen LogP contribution is 2.31. The van der Waals surface area contributed by atoms with Gasteiger partial charge in [-0.05, 0) is 36.6 Å². The van der Waals surface area contributed by atoms with Crippen molar-refractivity contribution in [2.45, 2.75) is 25.4 Å². The lowest BCUT2D eigenvalue weighted by molar-refractivity contribution is -0.138. The zero-order valence-corrected chi connectivity index (χ0v) is 17.6. The summed E-state index contributed by atoms with van der Waals surface area (Å²) in [5.74, 6) is 2.19. The fourth-order valence-corrected chi connectivity index (χ4v) is 4.42. The molecule has 3 aliphatic rings. The van der Waals surface area contributed by atoms with Crippen LogP contribution in [0.4, 0.5) is 11.8 Å². The van der Waals surface area contributed by atoms with Gasteiger partial charge in [0, 0.05) is 38.5 Å². The summed E-state index contributed by atoms with van der Waals surface area (Å²) in [6.45, 7) is 2.61. The van der Waals surface area contributed by atoms with Crippen LogP contribution in [0.1, 0.15) is 18.4 Å². The second kappa shape index (κ2) is 7.51. The van der Waals surface area contributed by atoms with Crippen molar-refractivity contribution in [3.63, 3.8) is 0 Å². The SMILES string of the molecule is O=C(Nc1nc2cccc(N3CCN(C(=O)C4Cc5ccccc5O4)CC3)n2n1)C1CC1. The zero-order valence-electron chi connectivity index (χ0n) is 17.6. The van der Waals surface area contributed by atoms with Crippen molar-refractivity contribution in [2.75, 3.05) is 36.4 Å². The standard InChI is InChI=1S/C23H24N6O3/c30-21(15-8-9-15)25-23-24-19-6-3-7-20(29(19)26-23)27-10-12-28(13-11-27)22(31)18-14-16-4-1-2-5-17(16)32-18/h1-7,15,18H,8-14H2,(H,25,26,30). The first-order chi connectivity index (χ1) is 15.7. The van der Waals surface area contributed by atoms with Gasteiger partial charge >= 0.3 is 0 Å². The van der Waals surface area contributed by atoms with E-state index in [2.05, 4.69) is 20.3 Å². The smallest absolute Gasteiger partial charge is 0.264 e. The predicted molar refractivity (Wildman–Crippen MR) is 118 cm³/mol. The van der Waals surface area contributed by atoms with E-state index in [9.17, 15) is 9.59 Å².